The van der Waals surface area contributed by atoms with Gasteiger partial charge in [-0.15, -0.1) is 0 Å². The number of carbonyl (C=O) groups is 2. The molecule has 1 aromatic heterocycles. The number of benzene rings is 3. The topological polar surface area (TPSA) is 181 Å². The number of hydrogen-bond donors (Lipinski definition) is 3. The monoisotopic (exact) mass is 798 g/mol. The lowest BCUT2D eigenvalue weighted by molar-refractivity contribution is -0.142. The van der Waals surface area contributed by atoms with Gasteiger partial charge in [0.1, 0.15) is 30.3 Å². The lowest BCUT2D eigenvalue weighted by Crippen LogP contribution is -2.63. The summed E-state index contributed by atoms with van der Waals surface area (Å²) >= 11 is 0. The molecule has 1 saturated heterocycles. The van der Waals surface area contributed by atoms with Crippen molar-refractivity contribution in [2.75, 3.05) is 51.3 Å². The van der Waals surface area contributed by atoms with Crippen LogP contribution in [-0.2, 0) is 34.5 Å². The molecule has 4 aliphatic rings. The molecule has 1 aliphatic heterocycles. The van der Waals surface area contributed by atoms with Crippen molar-refractivity contribution in [1.29, 1.82) is 0 Å². The molecule has 0 radical (unpaired) electrons. The number of likely N-dealkylation sites (tertiary alicyclic amines) is 1. The van der Waals surface area contributed by atoms with Gasteiger partial charge in [0.15, 0.2) is 17.1 Å². The number of aromatic nitrogens is 1. The Balaban J connectivity index is 1.21. The quantitative estimate of drug-likeness (QED) is 0.155. The Bertz CT molecular complexity index is 2320. The molecular weight excluding hydrogens is 753 g/mol. The molecule has 8 rings (SSSR count). The number of ether oxygens (including phenoxy) is 3. The summed E-state index contributed by atoms with van der Waals surface area (Å²) in [7, 11) is 1.02. The van der Waals surface area contributed by atoms with Crippen molar-refractivity contribution < 1.29 is 47.0 Å². The van der Waals surface area contributed by atoms with Gasteiger partial charge in [-0.3, -0.25) is 19.2 Å². The van der Waals surface area contributed by atoms with E-state index in [4.69, 9.17) is 18.7 Å². The van der Waals surface area contributed by atoms with E-state index in [1.165, 1.54) is 13.2 Å². The number of hydrogen-bond acceptors (Lipinski definition) is 13. The Labute approximate surface area is 331 Å². The Kier molecular flexibility index (Phi) is 10.4. The van der Waals surface area contributed by atoms with Gasteiger partial charge in [-0.05, 0) is 75.1 Å². The van der Waals surface area contributed by atoms with Gasteiger partial charge in [0, 0.05) is 29.7 Å². The molecule has 1 saturated carbocycles. The van der Waals surface area contributed by atoms with Gasteiger partial charge in [0.25, 0.3) is 5.88 Å². The number of aliphatic hydroxyl groups excluding tert-OH is 1. The van der Waals surface area contributed by atoms with Crippen LogP contribution in [0.25, 0.3) is 5.76 Å². The highest BCUT2D eigenvalue weighted by molar-refractivity contribution is 7.92. The Morgan fingerprint density at radius 1 is 0.965 bits per heavy atom. The van der Waals surface area contributed by atoms with Gasteiger partial charge in [-0.25, -0.2) is 8.42 Å². The molecule has 57 heavy (non-hydrogen) atoms. The minimum absolute atomic E-state index is 0.000854. The van der Waals surface area contributed by atoms with E-state index in [1.807, 2.05) is 60.7 Å². The highest BCUT2D eigenvalue weighted by Crippen LogP contribution is 2.57. The fourth-order valence-corrected chi connectivity index (χ4v) is 9.97. The summed E-state index contributed by atoms with van der Waals surface area (Å²) in [5.41, 5.74) is -0.776. The second-order valence-corrected chi connectivity index (χ2v) is 17.2. The predicted molar refractivity (Wildman–Crippen MR) is 210 cm³/mol. The summed E-state index contributed by atoms with van der Waals surface area (Å²) < 4.78 is 53.8. The van der Waals surface area contributed by atoms with Crippen molar-refractivity contribution in [2.24, 2.45) is 11.8 Å². The number of nitrogens with zero attached hydrogens (tertiary/aromatic N) is 3. The number of Topliss-reactive ketones (excluding diaryl/α,β-unsaturated/α-hetero) is 2. The third kappa shape index (κ3) is 6.96. The maximum absolute atomic E-state index is 14.9. The van der Waals surface area contributed by atoms with Crippen LogP contribution in [-0.4, -0.2) is 97.3 Å². The predicted octanol–water partition coefficient (Wildman–Crippen LogP) is 4.94. The van der Waals surface area contributed by atoms with Crippen LogP contribution >= 0.6 is 0 Å². The zero-order chi connectivity index (χ0) is 40.1. The summed E-state index contributed by atoms with van der Waals surface area (Å²) in [6.07, 6.45) is 2.29. The summed E-state index contributed by atoms with van der Waals surface area (Å²) in [5, 5.41) is 29.0. The molecule has 0 spiro atoms. The largest absolute Gasteiger partial charge is 0.507 e. The fraction of sp³-hybridized carbons (Fsp3) is 0.405. The van der Waals surface area contributed by atoms with E-state index in [2.05, 4.69) is 14.8 Å². The summed E-state index contributed by atoms with van der Waals surface area (Å²) in [5.74, 6) is -3.96. The smallest absolute Gasteiger partial charge is 0.265 e. The van der Waals surface area contributed by atoms with E-state index < -0.39 is 50.8 Å². The number of sulfonamides is 1. The minimum atomic E-state index is -3.94. The van der Waals surface area contributed by atoms with Crippen molar-refractivity contribution in [3.8, 4) is 17.4 Å². The second-order valence-electron chi connectivity index (χ2n) is 15.4. The third-order valence-corrected chi connectivity index (χ3v) is 12.9. The Hall–Kier alpha value is -5.22. The molecule has 300 valence electrons. The van der Waals surface area contributed by atoms with E-state index in [0.29, 0.717) is 12.1 Å². The number of nitrogens with one attached hydrogen (secondary N) is 1. The molecule has 0 amide bonds. The van der Waals surface area contributed by atoms with Crippen LogP contribution in [0, 0.1) is 11.8 Å². The number of methoxy groups -OCH3 is 1. The first-order valence-electron chi connectivity index (χ1n) is 19.1. The van der Waals surface area contributed by atoms with Gasteiger partial charge >= 0.3 is 0 Å². The lowest BCUT2D eigenvalue weighted by atomic mass is 9.57. The van der Waals surface area contributed by atoms with E-state index in [9.17, 15) is 28.2 Å². The zero-order valence-electron chi connectivity index (χ0n) is 32.1. The number of ketones is 2. The zero-order valence-corrected chi connectivity index (χ0v) is 32.9. The van der Waals surface area contributed by atoms with Gasteiger partial charge in [-0.1, -0.05) is 60.7 Å². The average Bonchev–Trinajstić information content (AvgIpc) is 3.88. The average molecular weight is 799 g/mol. The summed E-state index contributed by atoms with van der Waals surface area (Å²) in [6.45, 7) is 2.06. The lowest BCUT2D eigenvalue weighted by Gasteiger charge is -2.49. The van der Waals surface area contributed by atoms with Crippen molar-refractivity contribution in [1.82, 2.24) is 15.0 Å². The maximum atomic E-state index is 14.9. The normalized spacial score (nSPS) is 23.1. The Morgan fingerprint density at radius 3 is 2.25 bits per heavy atom. The first-order chi connectivity index (χ1) is 27.4. The third-order valence-electron chi connectivity index (χ3n) is 11.6. The molecule has 3 aliphatic carbocycles. The maximum Gasteiger partial charge on any atom is 0.265 e. The van der Waals surface area contributed by atoms with Crippen LogP contribution in [0.4, 0.5) is 5.69 Å². The van der Waals surface area contributed by atoms with Gasteiger partial charge < -0.3 is 33.8 Å². The van der Waals surface area contributed by atoms with Crippen LogP contribution in [0.5, 0.6) is 17.4 Å². The van der Waals surface area contributed by atoms with Crippen LogP contribution < -0.4 is 18.9 Å². The van der Waals surface area contributed by atoms with Crippen LogP contribution in [0.2, 0.25) is 0 Å². The van der Waals surface area contributed by atoms with Gasteiger partial charge in [-0.2, -0.15) is 0 Å². The highest BCUT2D eigenvalue weighted by Gasteiger charge is 2.65. The first kappa shape index (κ1) is 38.6. The molecule has 4 aromatic rings. The molecule has 14 nitrogen and oxygen atoms in total. The molecule has 15 heteroatoms. The van der Waals surface area contributed by atoms with Crippen molar-refractivity contribution in [3.63, 3.8) is 0 Å². The SMILES string of the molecule is COc1cc(NS(=O)(=O)CCN2CCCC2)c(OCc2ccccc2)c2c1C[C@H]1C[C@H]3[C@H](N(C)C)c4onc(OCc5ccccc5)c4C(=O)[C@@]3(O)C(=O)C1=C2O. The molecule has 3 N–H and O–H groups in total. The number of carbonyl (C=O) groups excluding carboxylic acids is 2. The van der Waals surface area contributed by atoms with Crippen molar-refractivity contribution in [3.05, 3.63) is 106 Å². The first-order valence-corrected chi connectivity index (χ1v) is 20.8. The van der Waals surface area contributed by atoms with Crippen molar-refractivity contribution >= 4 is 33.0 Å². The summed E-state index contributed by atoms with van der Waals surface area (Å²) in [4.78, 5) is 33.3. The van der Waals surface area contributed by atoms with Gasteiger partial charge in [0.2, 0.25) is 21.6 Å². The molecule has 0 unspecified atom stereocenters. The molecule has 2 fully saturated rings. The molecular formula is C42H46N4O10S. The number of anilines is 1. The van der Waals surface area contributed by atoms with Gasteiger partial charge in [0.05, 0.1) is 30.2 Å². The van der Waals surface area contributed by atoms with Crippen LogP contribution in [0.3, 0.4) is 0 Å². The highest BCUT2D eigenvalue weighted by atomic mass is 32.2. The van der Waals surface area contributed by atoms with E-state index in [1.54, 1.807) is 19.0 Å². The summed E-state index contributed by atoms with van der Waals surface area (Å²) in [6, 6.07) is 19.3. The van der Waals surface area contributed by atoms with E-state index in [0.717, 1.165) is 37.1 Å². The van der Waals surface area contributed by atoms with E-state index in [-0.39, 0.29) is 77.3 Å². The molecule has 0 bridgehead atoms. The number of fused-ring (bicyclic) bond motifs is 4. The molecule has 2 heterocycles. The Morgan fingerprint density at radius 2 is 1.61 bits per heavy atom. The van der Waals surface area contributed by atoms with E-state index >= 15 is 0 Å². The standard InChI is InChI=1S/C42H46N4O10S/c1-45(2)35-29-21-27-20-28-31(53-3)22-30(44-57(51,52)19-18-46-16-10-11-17-46)37(54-23-25-12-6-4-7-13-25)33(28)36(47)32(27)39(48)42(29,50)40(49)34-38(35)56-43-41(34)55-24-26-14-8-5-9-15-26/h4-9,12-15,22,27,29,35,44,47,50H,10-11,16-21,23-24H2,1-3H3/t27-,29-,35-,42-/m0/s1. The number of aliphatic hydroxyl groups is 2. The van der Waals surface area contributed by atoms with Crippen molar-refractivity contribution in [2.45, 2.75) is 50.5 Å². The molecule has 3 aromatic carbocycles. The fourth-order valence-electron chi connectivity index (χ4n) is 8.88. The second kappa shape index (κ2) is 15.3. The van der Waals surface area contributed by atoms with Crippen LogP contribution in [0.15, 0.2) is 76.8 Å². The molecule has 4 atom stereocenters. The minimum Gasteiger partial charge on any atom is -0.507 e. The van der Waals surface area contributed by atoms with Crippen LogP contribution in [0.1, 0.15) is 63.7 Å². The number of rotatable bonds is 13.